The Balaban J connectivity index is 1.58. The average Bonchev–Trinajstić information content (AvgIpc) is 3.15. The molecule has 0 saturated heterocycles. The molecular formula is C15H17N5OS2. The van der Waals surface area contributed by atoms with E-state index in [1.165, 1.54) is 6.33 Å². The minimum Gasteiger partial charge on any atom is -0.444 e. The lowest BCUT2D eigenvalue weighted by atomic mass is 9.94. The summed E-state index contributed by atoms with van der Waals surface area (Å²) in [5, 5.41) is 3.95. The van der Waals surface area contributed by atoms with Gasteiger partial charge in [0, 0.05) is 11.6 Å². The standard InChI is InChI=1S/C15H17N5OS2/c1-15(2,3)10-6-17-12(21-10)8-22-13-7-18-14(23-13)20-11-4-5-16-9-19-11/h4-7,9H,8H2,1-3H3,(H,16,18,19,20). The SMILES string of the molecule is CC(C)(C)c1cnc(CSc2cnc(Nc3ccncn3)s2)o1. The van der Waals surface area contributed by atoms with Gasteiger partial charge in [-0.1, -0.05) is 32.1 Å². The van der Waals surface area contributed by atoms with Crippen LogP contribution in [0.4, 0.5) is 10.9 Å². The Labute approximate surface area is 142 Å². The van der Waals surface area contributed by atoms with E-state index in [9.17, 15) is 0 Å². The maximum atomic E-state index is 5.79. The molecule has 0 fully saturated rings. The largest absolute Gasteiger partial charge is 0.444 e. The van der Waals surface area contributed by atoms with E-state index in [0.717, 1.165) is 26.8 Å². The Morgan fingerprint density at radius 2 is 2.09 bits per heavy atom. The summed E-state index contributed by atoms with van der Waals surface area (Å²) in [5.41, 5.74) is -0.0188. The van der Waals surface area contributed by atoms with Crippen LogP contribution in [0.3, 0.4) is 0 Å². The summed E-state index contributed by atoms with van der Waals surface area (Å²) in [6, 6.07) is 1.80. The minimum absolute atomic E-state index is 0.0188. The highest BCUT2D eigenvalue weighted by Gasteiger charge is 2.19. The zero-order valence-electron chi connectivity index (χ0n) is 13.1. The third kappa shape index (κ3) is 4.29. The maximum Gasteiger partial charge on any atom is 0.204 e. The van der Waals surface area contributed by atoms with E-state index in [1.54, 1.807) is 35.4 Å². The quantitative estimate of drug-likeness (QED) is 0.691. The topological polar surface area (TPSA) is 76.7 Å². The average molecular weight is 347 g/mol. The van der Waals surface area contributed by atoms with Crippen LogP contribution in [0.2, 0.25) is 0 Å². The predicted octanol–water partition coefficient (Wildman–Crippen LogP) is 4.25. The van der Waals surface area contributed by atoms with Gasteiger partial charge in [-0.3, -0.25) is 0 Å². The van der Waals surface area contributed by atoms with Crippen LogP contribution in [0.1, 0.15) is 32.4 Å². The number of hydrogen-bond donors (Lipinski definition) is 1. The van der Waals surface area contributed by atoms with Gasteiger partial charge in [0.2, 0.25) is 5.89 Å². The van der Waals surface area contributed by atoms with Crippen LogP contribution in [-0.4, -0.2) is 19.9 Å². The van der Waals surface area contributed by atoms with Crippen LogP contribution >= 0.6 is 23.1 Å². The number of nitrogens with one attached hydrogen (secondary N) is 1. The maximum absolute atomic E-state index is 5.79. The first-order chi connectivity index (χ1) is 11.0. The first kappa shape index (κ1) is 15.9. The zero-order chi connectivity index (χ0) is 16.3. The summed E-state index contributed by atoms with van der Waals surface area (Å²) in [5.74, 6) is 3.06. The molecular weight excluding hydrogens is 330 g/mol. The van der Waals surface area contributed by atoms with Crippen LogP contribution in [0.25, 0.3) is 0 Å². The molecule has 0 amide bonds. The number of aromatic nitrogens is 4. The van der Waals surface area contributed by atoms with Gasteiger partial charge in [0.05, 0.1) is 22.4 Å². The van der Waals surface area contributed by atoms with Crippen molar-refractivity contribution < 1.29 is 4.42 Å². The fourth-order valence-electron chi connectivity index (χ4n) is 1.71. The van der Waals surface area contributed by atoms with Gasteiger partial charge in [0.1, 0.15) is 17.9 Å². The summed E-state index contributed by atoms with van der Waals surface area (Å²) >= 11 is 3.23. The molecule has 3 rings (SSSR count). The Morgan fingerprint density at radius 3 is 2.78 bits per heavy atom. The van der Waals surface area contributed by atoms with E-state index >= 15 is 0 Å². The summed E-state index contributed by atoms with van der Waals surface area (Å²) in [6.45, 7) is 6.33. The fourth-order valence-corrected chi connectivity index (χ4v) is 3.45. The normalized spacial score (nSPS) is 11.6. The first-order valence-electron chi connectivity index (χ1n) is 7.07. The van der Waals surface area contributed by atoms with Crippen molar-refractivity contribution >= 4 is 34.0 Å². The zero-order valence-corrected chi connectivity index (χ0v) is 14.7. The second kappa shape index (κ2) is 6.67. The van der Waals surface area contributed by atoms with Crippen molar-refractivity contribution in [1.29, 1.82) is 0 Å². The van der Waals surface area contributed by atoms with E-state index in [-0.39, 0.29) is 5.41 Å². The molecule has 0 radical (unpaired) electrons. The highest BCUT2D eigenvalue weighted by atomic mass is 32.2. The van der Waals surface area contributed by atoms with Gasteiger partial charge in [-0.05, 0) is 6.07 Å². The molecule has 0 aliphatic carbocycles. The Bertz CT molecular complexity index is 764. The minimum atomic E-state index is -0.0188. The van der Waals surface area contributed by atoms with Gasteiger partial charge in [0.15, 0.2) is 5.13 Å². The number of thiazole rings is 1. The van der Waals surface area contributed by atoms with Crippen molar-refractivity contribution in [1.82, 2.24) is 19.9 Å². The monoisotopic (exact) mass is 347 g/mol. The van der Waals surface area contributed by atoms with Crippen LogP contribution in [0.15, 0.2) is 39.6 Å². The van der Waals surface area contributed by atoms with Crippen LogP contribution < -0.4 is 5.32 Å². The molecule has 0 aliphatic heterocycles. The summed E-state index contributed by atoms with van der Waals surface area (Å²) < 4.78 is 6.89. The van der Waals surface area contributed by atoms with E-state index in [0.29, 0.717) is 5.75 Å². The van der Waals surface area contributed by atoms with Crippen molar-refractivity contribution in [3.05, 3.63) is 42.6 Å². The summed E-state index contributed by atoms with van der Waals surface area (Å²) in [6.07, 6.45) is 6.84. The smallest absolute Gasteiger partial charge is 0.204 e. The van der Waals surface area contributed by atoms with Gasteiger partial charge in [-0.25, -0.2) is 19.9 Å². The molecule has 3 aromatic rings. The van der Waals surface area contributed by atoms with Gasteiger partial charge < -0.3 is 9.73 Å². The molecule has 23 heavy (non-hydrogen) atoms. The van der Waals surface area contributed by atoms with Crippen molar-refractivity contribution in [3.63, 3.8) is 0 Å². The molecule has 0 saturated carbocycles. The predicted molar refractivity (Wildman–Crippen MR) is 92.2 cm³/mol. The Kier molecular flexibility index (Phi) is 4.63. The molecule has 6 nitrogen and oxygen atoms in total. The molecule has 120 valence electrons. The number of hydrogen-bond acceptors (Lipinski definition) is 8. The van der Waals surface area contributed by atoms with E-state index in [1.807, 2.05) is 12.4 Å². The molecule has 8 heteroatoms. The lowest BCUT2D eigenvalue weighted by Crippen LogP contribution is -2.09. The molecule has 0 aromatic carbocycles. The third-order valence-corrected chi connectivity index (χ3v) is 5.02. The first-order valence-corrected chi connectivity index (χ1v) is 8.88. The Morgan fingerprint density at radius 1 is 1.22 bits per heavy atom. The number of thioether (sulfide) groups is 1. The summed E-state index contributed by atoms with van der Waals surface area (Å²) in [7, 11) is 0. The highest BCUT2D eigenvalue weighted by Crippen LogP contribution is 2.32. The van der Waals surface area contributed by atoms with E-state index < -0.39 is 0 Å². The van der Waals surface area contributed by atoms with Crippen molar-refractivity contribution in [2.75, 3.05) is 5.32 Å². The van der Waals surface area contributed by atoms with Crippen LogP contribution in [-0.2, 0) is 11.2 Å². The fraction of sp³-hybridized carbons (Fsp3) is 0.333. The highest BCUT2D eigenvalue weighted by molar-refractivity contribution is 8.00. The molecule has 3 heterocycles. The molecule has 0 spiro atoms. The van der Waals surface area contributed by atoms with Gasteiger partial charge in [0.25, 0.3) is 0 Å². The van der Waals surface area contributed by atoms with E-state index in [4.69, 9.17) is 4.42 Å². The molecule has 3 aromatic heterocycles. The number of oxazole rings is 1. The lowest BCUT2D eigenvalue weighted by molar-refractivity contribution is 0.391. The number of nitrogens with zero attached hydrogens (tertiary/aromatic N) is 4. The lowest BCUT2D eigenvalue weighted by Gasteiger charge is -2.12. The third-order valence-electron chi connectivity index (χ3n) is 2.93. The summed E-state index contributed by atoms with van der Waals surface area (Å²) in [4.78, 5) is 16.7. The number of rotatable bonds is 5. The van der Waals surface area contributed by atoms with Crippen molar-refractivity contribution in [2.24, 2.45) is 0 Å². The van der Waals surface area contributed by atoms with Gasteiger partial charge in [-0.15, -0.1) is 11.8 Å². The molecule has 0 unspecified atom stereocenters. The molecule has 0 bridgehead atoms. The molecule has 0 aliphatic rings. The van der Waals surface area contributed by atoms with Gasteiger partial charge >= 0.3 is 0 Å². The molecule has 1 N–H and O–H groups in total. The van der Waals surface area contributed by atoms with Crippen LogP contribution in [0.5, 0.6) is 0 Å². The second-order valence-electron chi connectivity index (χ2n) is 5.86. The van der Waals surface area contributed by atoms with Crippen molar-refractivity contribution in [3.8, 4) is 0 Å². The number of anilines is 2. The van der Waals surface area contributed by atoms with Gasteiger partial charge in [-0.2, -0.15) is 0 Å². The van der Waals surface area contributed by atoms with Crippen LogP contribution in [0, 0.1) is 0 Å². The van der Waals surface area contributed by atoms with E-state index in [2.05, 4.69) is 46.0 Å². The second-order valence-corrected chi connectivity index (χ2v) is 8.17. The Hall–Kier alpha value is -1.93. The molecule has 0 atom stereocenters. The van der Waals surface area contributed by atoms with Crippen molar-refractivity contribution in [2.45, 2.75) is 36.1 Å².